The number of hydrogen-bond acceptors (Lipinski definition) is 4. The number of carbonyl (C=O) groups is 1. The van der Waals surface area contributed by atoms with Crippen molar-refractivity contribution in [3.05, 3.63) is 0 Å². The number of halogens is 1. The maximum atomic E-state index is 11.3. The molecule has 0 rings (SSSR count). The van der Waals surface area contributed by atoms with Gasteiger partial charge in [0.25, 0.3) is 0 Å². The lowest BCUT2D eigenvalue weighted by Gasteiger charge is -2.16. The van der Waals surface area contributed by atoms with E-state index < -0.39 is 16.0 Å². The van der Waals surface area contributed by atoms with Crippen LogP contribution in [0.3, 0.4) is 0 Å². The second-order valence-corrected chi connectivity index (χ2v) is 5.50. The number of methoxy groups -OCH3 is 1. The van der Waals surface area contributed by atoms with E-state index in [9.17, 15) is 13.2 Å². The molecule has 0 aromatic heterocycles. The van der Waals surface area contributed by atoms with Gasteiger partial charge in [-0.05, 0) is 0 Å². The highest BCUT2D eigenvalue weighted by Gasteiger charge is 2.21. The Hall–Kier alpha value is -0.140. The molecule has 0 aromatic carbocycles. The van der Waals surface area contributed by atoms with Crippen LogP contribution in [0.5, 0.6) is 0 Å². The average Bonchev–Trinajstić information content (AvgIpc) is 2.13. The smallest absolute Gasteiger partial charge is 0.321 e. The molecule has 0 saturated heterocycles. The average molecular weight is 274 g/mol. The fourth-order valence-corrected chi connectivity index (χ4v) is 2.39. The van der Waals surface area contributed by atoms with E-state index in [4.69, 9.17) is 0 Å². The Labute approximate surface area is 86.2 Å². The van der Waals surface area contributed by atoms with Gasteiger partial charge in [-0.2, -0.15) is 4.31 Å². The molecule has 5 nitrogen and oxygen atoms in total. The summed E-state index contributed by atoms with van der Waals surface area (Å²) in [5.74, 6) is -0.564. The van der Waals surface area contributed by atoms with Crippen molar-refractivity contribution in [1.29, 1.82) is 0 Å². The minimum absolute atomic E-state index is 0.190. The first kappa shape index (κ1) is 12.9. The Balaban J connectivity index is 4.44. The first-order chi connectivity index (χ1) is 5.97. The molecule has 0 aliphatic carbocycles. The topological polar surface area (TPSA) is 63.7 Å². The number of ether oxygens (including phenoxy) is 1. The third-order valence-corrected chi connectivity index (χ3v) is 4.60. The lowest BCUT2D eigenvalue weighted by molar-refractivity contribution is -0.140. The summed E-state index contributed by atoms with van der Waals surface area (Å²) in [5, 5.41) is 0. The zero-order chi connectivity index (χ0) is 10.5. The fraction of sp³-hybridized carbons (Fsp3) is 0.833. The van der Waals surface area contributed by atoms with Gasteiger partial charge in [0.1, 0.15) is 11.2 Å². The van der Waals surface area contributed by atoms with Gasteiger partial charge in [0, 0.05) is 6.54 Å². The highest BCUT2D eigenvalue weighted by molar-refractivity contribution is 9.10. The van der Waals surface area contributed by atoms with E-state index in [1.165, 1.54) is 7.11 Å². The zero-order valence-corrected chi connectivity index (χ0v) is 9.89. The van der Waals surface area contributed by atoms with Crippen LogP contribution in [0.2, 0.25) is 0 Å². The van der Waals surface area contributed by atoms with Crippen LogP contribution in [0, 0.1) is 0 Å². The highest BCUT2D eigenvalue weighted by atomic mass is 79.9. The molecule has 0 amide bonds. The van der Waals surface area contributed by atoms with Crippen molar-refractivity contribution in [2.24, 2.45) is 0 Å². The van der Waals surface area contributed by atoms with Crippen LogP contribution in [0.1, 0.15) is 6.92 Å². The normalized spacial score (nSPS) is 11.7. The summed E-state index contributed by atoms with van der Waals surface area (Å²) < 4.78 is 27.7. The molecule has 0 heterocycles. The standard InChI is InChI=1S/C6H12BrNO4S/c1-3-8(4-6(9)12-2)13(10,11)5-7/h3-5H2,1-2H3. The Bertz CT molecular complexity index is 264. The summed E-state index contributed by atoms with van der Waals surface area (Å²) in [5.41, 5.74) is 0. The van der Waals surface area contributed by atoms with Crippen molar-refractivity contribution in [2.75, 3.05) is 24.9 Å². The van der Waals surface area contributed by atoms with Crippen LogP contribution in [-0.4, -0.2) is 43.6 Å². The third-order valence-electron chi connectivity index (χ3n) is 1.42. The minimum atomic E-state index is -3.37. The van der Waals surface area contributed by atoms with Gasteiger partial charge in [0.05, 0.1) is 7.11 Å². The van der Waals surface area contributed by atoms with Crippen molar-refractivity contribution in [3.63, 3.8) is 0 Å². The number of hydrogen-bond donors (Lipinski definition) is 0. The lowest BCUT2D eigenvalue weighted by Crippen LogP contribution is -2.36. The summed E-state index contributed by atoms with van der Waals surface area (Å²) in [6, 6.07) is 0. The van der Waals surface area contributed by atoms with Crippen molar-refractivity contribution < 1.29 is 17.9 Å². The van der Waals surface area contributed by atoms with Gasteiger partial charge in [-0.3, -0.25) is 4.79 Å². The summed E-state index contributed by atoms with van der Waals surface area (Å²) >= 11 is 2.84. The first-order valence-electron chi connectivity index (χ1n) is 3.58. The summed E-state index contributed by atoms with van der Waals surface area (Å²) in [6.07, 6.45) is 0. The molecule has 0 radical (unpaired) electrons. The molecule has 0 aliphatic heterocycles. The molecule has 0 spiro atoms. The van der Waals surface area contributed by atoms with Crippen molar-refractivity contribution in [3.8, 4) is 0 Å². The molecule has 0 unspecified atom stereocenters. The molecular weight excluding hydrogens is 262 g/mol. The molecule has 0 saturated carbocycles. The molecule has 0 bridgehead atoms. The summed E-state index contributed by atoms with van der Waals surface area (Å²) in [7, 11) is -2.15. The minimum Gasteiger partial charge on any atom is -0.468 e. The van der Waals surface area contributed by atoms with Crippen LogP contribution in [0.15, 0.2) is 0 Å². The van der Waals surface area contributed by atoms with Crippen molar-refractivity contribution >= 4 is 31.9 Å². The number of rotatable bonds is 5. The van der Waals surface area contributed by atoms with Crippen LogP contribution >= 0.6 is 15.9 Å². The van der Waals surface area contributed by atoms with Crippen LogP contribution in [0.25, 0.3) is 0 Å². The second-order valence-electron chi connectivity index (χ2n) is 2.22. The quantitative estimate of drug-likeness (QED) is 0.529. The van der Waals surface area contributed by atoms with Crippen molar-refractivity contribution in [1.82, 2.24) is 4.31 Å². The van der Waals surface area contributed by atoms with Crippen LogP contribution in [0.4, 0.5) is 0 Å². The summed E-state index contributed by atoms with van der Waals surface area (Å²) in [6.45, 7) is 1.67. The third kappa shape index (κ3) is 4.06. The number of alkyl halides is 1. The van der Waals surface area contributed by atoms with E-state index in [2.05, 4.69) is 20.7 Å². The SMILES string of the molecule is CCN(CC(=O)OC)S(=O)(=O)CBr. The first-order valence-corrected chi connectivity index (χ1v) is 6.31. The highest BCUT2D eigenvalue weighted by Crippen LogP contribution is 2.04. The maximum Gasteiger partial charge on any atom is 0.321 e. The Morgan fingerprint density at radius 2 is 2.08 bits per heavy atom. The van der Waals surface area contributed by atoms with Gasteiger partial charge < -0.3 is 4.74 Å². The van der Waals surface area contributed by atoms with Gasteiger partial charge in [0.2, 0.25) is 10.0 Å². The second kappa shape index (κ2) is 5.56. The number of likely N-dealkylation sites (N-methyl/N-ethyl adjacent to an activating group) is 1. The number of carbonyl (C=O) groups excluding carboxylic acids is 1. The van der Waals surface area contributed by atoms with E-state index in [-0.39, 0.29) is 17.8 Å². The monoisotopic (exact) mass is 273 g/mol. The molecule has 0 aliphatic rings. The summed E-state index contributed by atoms with van der Waals surface area (Å²) in [4.78, 5) is 10.8. The zero-order valence-electron chi connectivity index (χ0n) is 7.49. The van der Waals surface area contributed by atoms with E-state index in [1.54, 1.807) is 6.92 Å². The molecule has 13 heavy (non-hydrogen) atoms. The Kier molecular flexibility index (Phi) is 5.50. The number of esters is 1. The molecule has 0 aromatic rings. The van der Waals surface area contributed by atoms with E-state index in [1.807, 2.05) is 0 Å². The molecule has 7 heteroatoms. The number of nitrogens with zero attached hydrogens (tertiary/aromatic N) is 1. The van der Waals surface area contributed by atoms with Crippen molar-refractivity contribution in [2.45, 2.75) is 6.92 Å². The van der Waals surface area contributed by atoms with Crippen LogP contribution < -0.4 is 0 Å². The largest absolute Gasteiger partial charge is 0.468 e. The van der Waals surface area contributed by atoms with Gasteiger partial charge >= 0.3 is 5.97 Å². The molecule has 0 N–H and O–H groups in total. The Morgan fingerprint density at radius 1 is 1.54 bits per heavy atom. The van der Waals surface area contributed by atoms with E-state index >= 15 is 0 Å². The van der Waals surface area contributed by atoms with E-state index in [0.717, 1.165) is 4.31 Å². The van der Waals surface area contributed by atoms with Gasteiger partial charge in [-0.15, -0.1) is 0 Å². The predicted octanol–water partition coefficient (Wildman–Crippen LogP) is 0.164. The van der Waals surface area contributed by atoms with Gasteiger partial charge in [0.15, 0.2) is 0 Å². The predicted molar refractivity (Wildman–Crippen MR) is 52.0 cm³/mol. The molecule has 78 valence electrons. The fourth-order valence-electron chi connectivity index (χ4n) is 0.684. The van der Waals surface area contributed by atoms with Gasteiger partial charge in [-0.1, -0.05) is 22.9 Å². The van der Waals surface area contributed by atoms with Crippen LogP contribution in [-0.2, 0) is 19.6 Å². The molecular formula is C6H12BrNO4S. The van der Waals surface area contributed by atoms with E-state index in [0.29, 0.717) is 0 Å². The molecule has 0 fully saturated rings. The Morgan fingerprint density at radius 3 is 2.38 bits per heavy atom. The molecule has 0 atom stereocenters. The lowest BCUT2D eigenvalue weighted by atomic mass is 10.6. The van der Waals surface area contributed by atoms with Gasteiger partial charge in [-0.25, -0.2) is 8.42 Å². The maximum absolute atomic E-state index is 11.3. The number of sulfonamides is 1.